The number of carboxylic acid groups (broad SMARTS) is 1. The van der Waals surface area contributed by atoms with Gasteiger partial charge in [-0.15, -0.1) is 18.4 Å². The number of aromatic nitrogens is 1. The molecule has 1 aromatic heterocycles. The van der Waals surface area contributed by atoms with Crippen molar-refractivity contribution in [3.05, 3.63) is 48.7 Å². The van der Waals surface area contributed by atoms with E-state index in [4.69, 9.17) is 4.74 Å². The summed E-state index contributed by atoms with van der Waals surface area (Å²) >= 11 is 0. The van der Waals surface area contributed by atoms with E-state index in [2.05, 4.69) is 34.4 Å². The van der Waals surface area contributed by atoms with Crippen molar-refractivity contribution in [2.24, 2.45) is 17.8 Å². The van der Waals surface area contributed by atoms with E-state index in [9.17, 15) is 15.0 Å². The lowest BCUT2D eigenvalue weighted by molar-refractivity contribution is -0.344. The number of carboxylic acids is 1. The Morgan fingerprint density at radius 2 is 2.24 bits per heavy atom. The summed E-state index contributed by atoms with van der Waals surface area (Å²) in [6.07, 6.45) is 6.17. The summed E-state index contributed by atoms with van der Waals surface area (Å²) in [6.45, 7) is 9.35. The Kier molecular flexibility index (Phi) is 8.49. The summed E-state index contributed by atoms with van der Waals surface area (Å²) in [5.74, 6) is 5.84. The Bertz CT molecular complexity index is 1040. The van der Waals surface area contributed by atoms with Gasteiger partial charge in [-0.3, -0.25) is 4.90 Å². The van der Waals surface area contributed by atoms with E-state index in [1.165, 1.54) is 6.42 Å². The zero-order valence-corrected chi connectivity index (χ0v) is 19.7. The van der Waals surface area contributed by atoms with Gasteiger partial charge in [0.15, 0.2) is 6.20 Å². The number of hydrogen-bond acceptors (Lipinski definition) is 5. The number of pyridine rings is 1. The zero-order valence-electron chi connectivity index (χ0n) is 19.7. The number of aromatic amines is 1. The van der Waals surface area contributed by atoms with Crippen LogP contribution >= 0.6 is 0 Å². The molecule has 1 aromatic carbocycles. The highest BCUT2D eigenvalue weighted by molar-refractivity contribution is 5.81. The van der Waals surface area contributed by atoms with Gasteiger partial charge in [0.25, 0.3) is 0 Å². The van der Waals surface area contributed by atoms with Crippen LogP contribution in [0.2, 0.25) is 0 Å². The maximum absolute atomic E-state index is 11.2. The van der Waals surface area contributed by atoms with Crippen LogP contribution in [0, 0.1) is 29.6 Å². The number of piperidine rings is 3. The highest BCUT2D eigenvalue weighted by Crippen LogP contribution is 2.42. The van der Waals surface area contributed by atoms with E-state index >= 15 is 0 Å². The van der Waals surface area contributed by atoms with Crippen LogP contribution in [-0.2, 0) is 4.79 Å². The first kappa shape index (κ1) is 24.8. The van der Waals surface area contributed by atoms with Gasteiger partial charge in [-0.1, -0.05) is 13.0 Å². The van der Waals surface area contributed by atoms with Crippen LogP contribution in [0.15, 0.2) is 43.1 Å². The summed E-state index contributed by atoms with van der Waals surface area (Å²) in [5, 5.41) is 22.2. The van der Waals surface area contributed by atoms with Gasteiger partial charge in [0.1, 0.15) is 5.75 Å². The molecule has 3 aliphatic rings. The lowest BCUT2D eigenvalue weighted by Gasteiger charge is -2.50. The average Bonchev–Trinajstić information content (AvgIpc) is 2.86. The van der Waals surface area contributed by atoms with E-state index in [0.29, 0.717) is 18.3 Å². The molecule has 6 heteroatoms. The molecule has 33 heavy (non-hydrogen) atoms. The SMILES string of the molecule is C=C[C@H]1CN2CC[C@H]1C[C@H]2[C@H](O)c1cc[nH+]c2ccc(OC)cc12.CC#CC[C@H](C)C(=O)[O-]. The molecule has 176 valence electrons. The molecule has 6 atom stereocenters. The molecular weight excluding hydrogens is 416 g/mol. The first-order valence-electron chi connectivity index (χ1n) is 11.5. The van der Waals surface area contributed by atoms with E-state index in [1.807, 2.05) is 30.5 Å². The van der Waals surface area contributed by atoms with E-state index in [1.54, 1.807) is 21.0 Å². The number of benzene rings is 1. The second kappa shape index (κ2) is 11.3. The van der Waals surface area contributed by atoms with Crippen LogP contribution in [0.5, 0.6) is 5.75 Å². The molecule has 0 spiro atoms. The normalized spacial score (nSPS) is 25.1. The van der Waals surface area contributed by atoms with Gasteiger partial charge >= 0.3 is 0 Å². The lowest BCUT2D eigenvalue weighted by Crippen LogP contribution is -2.54. The molecule has 6 nitrogen and oxygen atoms in total. The van der Waals surface area contributed by atoms with Crippen molar-refractivity contribution in [2.75, 3.05) is 20.2 Å². The second-order valence-electron chi connectivity index (χ2n) is 8.89. The van der Waals surface area contributed by atoms with Crippen LogP contribution < -0.4 is 14.8 Å². The van der Waals surface area contributed by atoms with Gasteiger partial charge in [0, 0.05) is 48.6 Å². The summed E-state index contributed by atoms with van der Waals surface area (Å²) in [6, 6.07) is 8.15. The highest BCUT2D eigenvalue weighted by atomic mass is 16.5. The fourth-order valence-electron chi connectivity index (χ4n) is 4.84. The molecule has 0 radical (unpaired) electrons. The number of carbonyl (C=O) groups is 1. The minimum Gasteiger partial charge on any atom is -0.550 e. The molecule has 2 bridgehead atoms. The molecule has 2 aromatic rings. The number of H-pyrrole nitrogens is 1. The topological polar surface area (TPSA) is 87.0 Å². The fraction of sp³-hybridized carbons (Fsp3) is 0.481. The predicted octanol–water partition coefficient (Wildman–Crippen LogP) is 2.38. The fourth-order valence-corrected chi connectivity index (χ4v) is 4.84. The molecule has 3 aliphatic heterocycles. The molecule has 2 N–H and O–H groups in total. The number of fused-ring (bicyclic) bond motifs is 4. The molecule has 3 fully saturated rings. The first-order valence-corrected chi connectivity index (χ1v) is 11.5. The first-order chi connectivity index (χ1) is 15.9. The summed E-state index contributed by atoms with van der Waals surface area (Å²) in [7, 11) is 1.67. The van der Waals surface area contributed by atoms with Gasteiger partial charge in [-0.05, 0) is 50.3 Å². The van der Waals surface area contributed by atoms with E-state index < -0.39 is 18.0 Å². The minimum absolute atomic E-state index is 0.191. The molecule has 0 amide bonds. The van der Waals surface area contributed by atoms with Gasteiger partial charge < -0.3 is 19.7 Å². The standard InChI is InChI=1S/C20H24N2O2.C7H10O2/c1-3-13-12-22-9-7-14(13)10-19(22)20(23)16-6-8-21-18-5-4-15(24-2)11-17(16)18;1-3-4-5-6(2)7(8)9/h3-6,8,11,13-14,19-20,23H,1,7,9-10,12H2,2H3;6H,5H2,1-2H3,(H,8,9)/t13-,14-,19-,20+;6-/m00/s1. The van der Waals surface area contributed by atoms with E-state index in [-0.39, 0.29) is 6.04 Å². The molecule has 1 unspecified atom stereocenters. The quantitative estimate of drug-likeness (QED) is 0.539. The molecular formula is C27H34N2O4. The third-order valence-electron chi connectivity index (χ3n) is 6.86. The number of rotatable bonds is 6. The third kappa shape index (κ3) is 5.73. The largest absolute Gasteiger partial charge is 0.550 e. The molecule has 3 saturated heterocycles. The van der Waals surface area contributed by atoms with Crippen LogP contribution in [-0.4, -0.2) is 42.2 Å². The third-order valence-corrected chi connectivity index (χ3v) is 6.86. The Hall–Kier alpha value is -2.88. The number of nitrogens with zero attached hydrogens (tertiary/aromatic N) is 1. The van der Waals surface area contributed by atoms with Crippen molar-refractivity contribution in [1.29, 1.82) is 0 Å². The maximum atomic E-state index is 11.2. The predicted molar refractivity (Wildman–Crippen MR) is 126 cm³/mol. The number of methoxy groups -OCH3 is 1. The number of aliphatic hydroxyl groups is 1. The number of aliphatic hydroxyl groups excluding tert-OH is 1. The molecule has 4 heterocycles. The second-order valence-corrected chi connectivity index (χ2v) is 8.89. The van der Waals surface area contributed by atoms with Crippen LogP contribution in [0.1, 0.15) is 44.8 Å². The molecule has 0 aliphatic carbocycles. The number of nitrogens with one attached hydrogen (secondary N) is 1. The Balaban J connectivity index is 0.000000292. The van der Waals surface area contributed by atoms with Crippen LogP contribution in [0.25, 0.3) is 10.9 Å². The van der Waals surface area contributed by atoms with Gasteiger partial charge in [-0.2, -0.15) is 0 Å². The van der Waals surface area contributed by atoms with Gasteiger partial charge in [0.05, 0.1) is 18.6 Å². The summed E-state index contributed by atoms with van der Waals surface area (Å²) in [5.41, 5.74) is 2.00. The van der Waals surface area contributed by atoms with Gasteiger partial charge in [0.2, 0.25) is 5.52 Å². The van der Waals surface area contributed by atoms with E-state index in [0.717, 1.165) is 41.7 Å². The Morgan fingerprint density at radius 1 is 1.45 bits per heavy atom. The summed E-state index contributed by atoms with van der Waals surface area (Å²) in [4.78, 5) is 15.7. The average molecular weight is 451 g/mol. The molecule has 0 saturated carbocycles. The van der Waals surface area contributed by atoms with Crippen molar-refractivity contribution in [1.82, 2.24) is 4.90 Å². The Morgan fingerprint density at radius 3 is 2.85 bits per heavy atom. The Labute approximate surface area is 196 Å². The van der Waals surface area contributed by atoms with Crippen molar-refractivity contribution >= 4 is 16.9 Å². The summed E-state index contributed by atoms with van der Waals surface area (Å²) < 4.78 is 5.36. The number of hydrogen-bond donors (Lipinski definition) is 1. The highest BCUT2D eigenvalue weighted by Gasteiger charge is 2.42. The molecule has 5 rings (SSSR count). The number of carbonyl (C=O) groups excluding carboxylic acids is 1. The number of aliphatic carboxylic acids is 1. The van der Waals surface area contributed by atoms with Crippen molar-refractivity contribution in [3.63, 3.8) is 0 Å². The monoisotopic (exact) mass is 450 g/mol. The zero-order chi connectivity index (χ0) is 24.0. The smallest absolute Gasteiger partial charge is 0.211 e. The van der Waals surface area contributed by atoms with Crippen molar-refractivity contribution < 1.29 is 24.7 Å². The van der Waals surface area contributed by atoms with Crippen molar-refractivity contribution in [3.8, 4) is 17.6 Å². The lowest BCUT2D eigenvalue weighted by atomic mass is 9.73. The van der Waals surface area contributed by atoms with Gasteiger partial charge in [-0.25, -0.2) is 4.98 Å². The minimum atomic E-state index is -1.03. The van der Waals surface area contributed by atoms with Crippen LogP contribution in [0.4, 0.5) is 0 Å². The van der Waals surface area contributed by atoms with Crippen LogP contribution in [0.3, 0.4) is 0 Å². The van der Waals surface area contributed by atoms with Crippen molar-refractivity contribution in [2.45, 2.75) is 45.3 Å². The number of ether oxygens (including phenoxy) is 1. The maximum Gasteiger partial charge on any atom is 0.211 e.